The highest BCUT2D eigenvalue weighted by atomic mass is 16.4. The molecule has 3 aromatic carbocycles. The molecule has 10 nitrogen and oxygen atoms in total. The molecule has 66 heavy (non-hydrogen) atoms. The van der Waals surface area contributed by atoms with Crippen molar-refractivity contribution in [2.24, 2.45) is 35.3 Å². The number of phenolic OH excluding ortho intramolecular Hbond substituents is 2. The predicted octanol–water partition coefficient (Wildman–Crippen LogP) is 10.3. The van der Waals surface area contributed by atoms with E-state index in [4.69, 9.17) is 5.73 Å². The van der Waals surface area contributed by atoms with Crippen LogP contribution in [0.1, 0.15) is 120 Å². The number of nitrogens with two attached hydrogens (primary N) is 1. The van der Waals surface area contributed by atoms with Gasteiger partial charge >= 0.3 is 5.97 Å². The highest BCUT2D eigenvalue weighted by Gasteiger charge is 2.46. The Hall–Kier alpha value is -5.29. The fraction of sp³-hybridized carbons (Fsp3) is 0.482. The van der Waals surface area contributed by atoms with E-state index >= 15 is 0 Å². The standard InChI is InChI=1S/C56H73N3O7/c1-2-3-7-14-38-21-22-42(51(62)30-38)19-12-6-13-20-46(55(64)65)50(61)23-25-56(66)36-40(27-39-24-26-58-53(57)31-39)28-43(56)32-44-33-47(41-17-10-5-11-18-41)54(59-44)49-34-45(60)35-52(63)48(49)29-37-15-8-4-9-16-37/h4-5,8-11,15-18,21-22,24,31,33-35,38,40,42-43,46,50-51,58-63,66H,2-3,6-7,12-14,19-20,23,25-30,32,36,57H2,1H3,(H,64,65). The minimum atomic E-state index is -1.18. The number of H-pyrrole nitrogens is 1. The summed E-state index contributed by atoms with van der Waals surface area (Å²) in [6.45, 7) is 2.85. The number of hydrogen-bond acceptors (Lipinski definition) is 8. The molecule has 8 unspecified atom stereocenters. The number of dihydropyridines is 1. The maximum Gasteiger partial charge on any atom is 0.309 e. The molecule has 0 amide bonds. The highest BCUT2D eigenvalue weighted by Crippen LogP contribution is 2.48. The third kappa shape index (κ3) is 12.8. The number of aliphatic hydroxyl groups excluding tert-OH is 2. The van der Waals surface area contributed by atoms with Gasteiger partial charge in [0.1, 0.15) is 11.5 Å². The maximum atomic E-state index is 12.7. The number of aliphatic carboxylic acids is 1. The first-order chi connectivity index (χ1) is 31.9. The zero-order chi connectivity index (χ0) is 46.6. The van der Waals surface area contributed by atoms with E-state index in [9.17, 15) is 35.4 Å². The molecule has 0 bridgehead atoms. The molecule has 0 spiro atoms. The van der Waals surface area contributed by atoms with Crippen LogP contribution in [-0.4, -0.2) is 65.9 Å². The smallest absolute Gasteiger partial charge is 0.309 e. The Kier molecular flexibility index (Phi) is 16.9. The molecular weight excluding hydrogens is 827 g/mol. The van der Waals surface area contributed by atoms with Crippen LogP contribution < -0.4 is 11.1 Å². The highest BCUT2D eigenvalue weighted by molar-refractivity contribution is 5.85. The van der Waals surface area contributed by atoms with Crippen molar-refractivity contribution in [2.45, 2.75) is 134 Å². The van der Waals surface area contributed by atoms with Crippen LogP contribution >= 0.6 is 0 Å². The molecule has 2 heterocycles. The summed E-state index contributed by atoms with van der Waals surface area (Å²) in [5.74, 6) is -0.887. The van der Waals surface area contributed by atoms with E-state index in [-0.39, 0.29) is 48.2 Å². The summed E-state index contributed by atoms with van der Waals surface area (Å²) in [6.07, 6.45) is 19.6. The van der Waals surface area contributed by atoms with Crippen LogP contribution in [0.2, 0.25) is 0 Å². The summed E-state index contributed by atoms with van der Waals surface area (Å²) in [7, 11) is 0. The molecule has 10 heteroatoms. The molecule has 1 fully saturated rings. The van der Waals surface area contributed by atoms with Crippen molar-refractivity contribution in [1.29, 1.82) is 0 Å². The number of aromatic amines is 1. The van der Waals surface area contributed by atoms with Gasteiger partial charge in [0.25, 0.3) is 0 Å². The minimum Gasteiger partial charge on any atom is -0.508 e. The summed E-state index contributed by atoms with van der Waals surface area (Å²) < 4.78 is 0. The van der Waals surface area contributed by atoms with Crippen molar-refractivity contribution in [2.75, 3.05) is 6.54 Å². The van der Waals surface area contributed by atoms with Crippen molar-refractivity contribution >= 4 is 5.97 Å². The number of phenols is 2. The lowest BCUT2D eigenvalue weighted by Gasteiger charge is -2.32. The monoisotopic (exact) mass is 900 g/mol. The summed E-state index contributed by atoms with van der Waals surface area (Å²) in [4.78, 5) is 16.3. The molecule has 1 aliphatic heterocycles. The van der Waals surface area contributed by atoms with Gasteiger partial charge in [-0.3, -0.25) is 4.79 Å². The summed E-state index contributed by atoms with van der Waals surface area (Å²) in [5, 5.41) is 70.7. The number of carboxylic acids is 1. The second kappa shape index (κ2) is 22.9. The van der Waals surface area contributed by atoms with Crippen LogP contribution in [0.4, 0.5) is 0 Å². The number of nitrogens with one attached hydrogen (secondary N) is 2. The first kappa shape index (κ1) is 48.6. The van der Waals surface area contributed by atoms with Gasteiger partial charge < -0.3 is 46.7 Å². The number of rotatable bonds is 23. The van der Waals surface area contributed by atoms with Crippen molar-refractivity contribution < 1.29 is 35.4 Å². The van der Waals surface area contributed by atoms with E-state index in [1.54, 1.807) is 6.07 Å². The Morgan fingerprint density at radius 2 is 1.64 bits per heavy atom. The van der Waals surface area contributed by atoms with Gasteiger partial charge in [-0.05, 0) is 117 Å². The van der Waals surface area contributed by atoms with Gasteiger partial charge in [-0.15, -0.1) is 0 Å². The maximum absolute atomic E-state index is 12.7. The molecule has 3 aliphatic rings. The molecule has 2 aliphatic carbocycles. The lowest BCUT2D eigenvalue weighted by atomic mass is 9.80. The van der Waals surface area contributed by atoms with Crippen molar-refractivity contribution in [3.05, 3.63) is 131 Å². The number of aromatic hydroxyl groups is 2. The van der Waals surface area contributed by atoms with Gasteiger partial charge in [0.05, 0.1) is 35.2 Å². The van der Waals surface area contributed by atoms with Gasteiger partial charge in [0.2, 0.25) is 0 Å². The number of aliphatic hydroxyl groups is 3. The minimum absolute atomic E-state index is 0.0000502. The molecular formula is C56H73N3O7. The van der Waals surface area contributed by atoms with Crippen molar-refractivity contribution in [3.63, 3.8) is 0 Å². The summed E-state index contributed by atoms with van der Waals surface area (Å²) >= 11 is 0. The summed E-state index contributed by atoms with van der Waals surface area (Å²) in [6, 6.07) is 25.1. The van der Waals surface area contributed by atoms with Crippen molar-refractivity contribution in [1.82, 2.24) is 10.3 Å². The first-order valence-electron chi connectivity index (χ1n) is 24.6. The van der Waals surface area contributed by atoms with Gasteiger partial charge in [-0.1, -0.05) is 124 Å². The zero-order valence-electron chi connectivity index (χ0n) is 38.8. The summed E-state index contributed by atoms with van der Waals surface area (Å²) in [5.41, 5.74) is 12.0. The van der Waals surface area contributed by atoms with Gasteiger partial charge in [-0.2, -0.15) is 0 Å². The largest absolute Gasteiger partial charge is 0.508 e. The van der Waals surface area contributed by atoms with Crippen molar-refractivity contribution in [3.8, 4) is 33.9 Å². The quantitative estimate of drug-likeness (QED) is 0.0257. The SMILES string of the molecule is CCCCCC1C=CC(CCCCCC(C(=O)O)C(O)CCC2(O)CC(CC3=CCNC(N)=C3)CC2Cc2cc(-c3ccccc3)c(-c3cc(O)cc(O)c3Cc3ccccc3)[nH]2)C(O)C1. The second-order valence-electron chi connectivity index (χ2n) is 19.7. The number of unbranched alkanes of at least 4 members (excludes halogenated alkanes) is 4. The number of hydrogen-bond donors (Lipinski definition) is 9. The number of allylic oxidation sites excluding steroid dienone is 3. The van der Waals surface area contributed by atoms with Crippen LogP contribution in [0, 0.1) is 29.6 Å². The molecule has 7 rings (SSSR count). The fourth-order valence-corrected chi connectivity index (χ4v) is 11.1. The third-order valence-electron chi connectivity index (χ3n) is 14.7. The van der Waals surface area contributed by atoms with E-state index in [1.165, 1.54) is 25.3 Å². The van der Waals surface area contributed by atoms with Gasteiger partial charge in [0.15, 0.2) is 0 Å². The van der Waals surface area contributed by atoms with E-state index in [2.05, 4.69) is 41.5 Å². The van der Waals surface area contributed by atoms with Gasteiger partial charge in [-0.25, -0.2) is 0 Å². The van der Waals surface area contributed by atoms with E-state index in [0.717, 1.165) is 78.6 Å². The van der Waals surface area contributed by atoms with Crippen LogP contribution in [-0.2, 0) is 17.6 Å². The number of benzene rings is 3. The first-order valence-corrected chi connectivity index (χ1v) is 24.6. The van der Waals surface area contributed by atoms with Crippen LogP contribution in [0.3, 0.4) is 0 Å². The zero-order valence-corrected chi connectivity index (χ0v) is 38.8. The topological polar surface area (TPSA) is 192 Å². The Labute approximate surface area is 391 Å². The van der Waals surface area contributed by atoms with E-state index < -0.39 is 23.6 Å². The molecule has 8 atom stereocenters. The lowest BCUT2D eigenvalue weighted by molar-refractivity contribution is -0.146. The molecule has 0 saturated heterocycles. The fourth-order valence-electron chi connectivity index (χ4n) is 11.1. The molecule has 1 aromatic heterocycles. The van der Waals surface area contributed by atoms with E-state index in [0.29, 0.717) is 61.5 Å². The molecule has 10 N–H and O–H groups in total. The average Bonchev–Trinajstić information content (AvgIpc) is 3.86. The lowest BCUT2D eigenvalue weighted by Crippen LogP contribution is -2.37. The van der Waals surface area contributed by atoms with Crippen LogP contribution in [0.15, 0.2) is 115 Å². The Bertz CT molecular complexity index is 2290. The molecule has 4 aromatic rings. The molecule has 0 radical (unpaired) electrons. The predicted molar refractivity (Wildman–Crippen MR) is 262 cm³/mol. The normalized spacial score (nSPS) is 23.8. The van der Waals surface area contributed by atoms with E-state index in [1.807, 2.05) is 66.7 Å². The molecule has 1 saturated carbocycles. The second-order valence-corrected chi connectivity index (χ2v) is 19.7. The Balaban J connectivity index is 1.06. The Morgan fingerprint density at radius 3 is 2.36 bits per heavy atom. The van der Waals surface area contributed by atoms with Crippen LogP contribution in [0.5, 0.6) is 11.5 Å². The number of aromatic nitrogens is 1. The molecule has 354 valence electrons. The number of carbonyl (C=O) groups is 1. The van der Waals surface area contributed by atoms with Crippen LogP contribution in [0.25, 0.3) is 22.4 Å². The Morgan fingerprint density at radius 1 is 0.879 bits per heavy atom. The average molecular weight is 900 g/mol. The third-order valence-corrected chi connectivity index (χ3v) is 14.7. The van der Waals surface area contributed by atoms with Gasteiger partial charge in [0, 0.05) is 47.3 Å². The number of carboxylic acid groups (broad SMARTS) is 1.